The van der Waals surface area contributed by atoms with Crippen molar-refractivity contribution in [2.45, 2.75) is 26.5 Å². The fourth-order valence-corrected chi connectivity index (χ4v) is 3.32. The van der Waals surface area contributed by atoms with Crippen molar-refractivity contribution in [2.24, 2.45) is 4.99 Å². The summed E-state index contributed by atoms with van der Waals surface area (Å²) in [4.78, 5) is 9.09. The highest BCUT2D eigenvalue weighted by atomic mass is 35.5. The number of hydrogen-bond donors (Lipinski definition) is 1. The lowest BCUT2D eigenvalue weighted by Gasteiger charge is -2.36. The van der Waals surface area contributed by atoms with Crippen molar-refractivity contribution < 1.29 is 9.26 Å². The number of aryl methyl sites for hydroxylation is 1. The largest absolute Gasteiger partial charge is 0.489 e. The summed E-state index contributed by atoms with van der Waals surface area (Å²) < 4.78 is 11.1. The van der Waals surface area contributed by atoms with Gasteiger partial charge in [-0.1, -0.05) is 16.8 Å². The van der Waals surface area contributed by atoms with Crippen molar-refractivity contribution in [3.05, 3.63) is 46.8 Å². The van der Waals surface area contributed by atoms with E-state index >= 15 is 0 Å². The minimum absolute atomic E-state index is 0.00891. The molecular weight excluding hydrogens is 378 g/mol. The van der Waals surface area contributed by atoms with Crippen LogP contribution in [0.4, 0.5) is 0 Å². The van der Waals surface area contributed by atoms with Gasteiger partial charge in [0.05, 0.1) is 12.2 Å². The van der Waals surface area contributed by atoms with Crippen molar-refractivity contribution in [1.29, 1.82) is 0 Å². The van der Waals surface area contributed by atoms with Crippen molar-refractivity contribution >= 4 is 17.6 Å². The Morgan fingerprint density at radius 1 is 1.29 bits per heavy atom. The normalized spacial score (nSPS) is 16.9. The molecule has 1 aromatic heterocycles. The van der Waals surface area contributed by atoms with E-state index < -0.39 is 0 Å². The van der Waals surface area contributed by atoms with Crippen LogP contribution >= 0.6 is 11.6 Å². The number of nitrogens with zero attached hydrogens (tertiary/aromatic N) is 4. The maximum Gasteiger partial charge on any atom is 0.193 e. The molecule has 0 amide bonds. The average molecular weight is 406 g/mol. The highest BCUT2D eigenvalue weighted by Crippen LogP contribution is 2.16. The van der Waals surface area contributed by atoms with Gasteiger partial charge in [0.25, 0.3) is 0 Å². The molecular formula is C20H28ClN5O2. The molecule has 0 spiro atoms. The summed E-state index contributed by atoms with van der Waals surface area (Å²) in [6.45, 7) is 9.21. The molecule has 28 heavy (non-hydrogen) atoms. The van der Waals surface area contributed by atoms with Gasteiger partial charge in [0.2, 0.25) is 0 Å². The Morgan fingerprint density at radius 2 is 2.00 bits per heavy atom. The van der Waals surface area contributed by atoms with Crippen LogP contribution in [-0.4, -0.2) is 66.8 Å². The summed E-state index contributed by atoms with van der Waals surface area (Å²) >= 11 is 5.91. The number of benzene rings is 1. The first-order valence-electron chi connectivity index (χ1n) is 9.56. The van der Waals surface area contributed by atoms with Crippen LogP contribution in [0.2, 0.25) is 5.02 Å². The summed E-state index contributed by atoms with van der Waals surface area (Å²) in [7, 11) is 1.82. The number of nitrogens with one attached hydrogen (secondary N) is 1. The fraction of sp³-hybridized carbons (Fsp3) is 0.500. The van der Waals surface area contributed by atoms with Crippen molar-refractivity contribution in [3.8, 4) is 5.75 Å². The topological polar surface area (TPSA) is 66.1 Å². The Morgan fingerprint density at radius 3 is 2.61 bits per heavy atom. The van der Waals surface area contributed by atoms with E-state index in [4.69, 9.17) is 20.9 Å². The minimum atomic E-state index is 0.00891. The molecule has 7 nitrogen and oxygen atoms in total. The predicted molar refractivity (Wildman–Crippen MR) is 111 cm³/mol. The van der Waals surface area contributed by atoms with Crippen LogP contribution in [0.15, 0.2) is 39.8 Å². The Hall–Kier alpha value is -2.25. The summed E-state index contributed by atoms with van der Waals surface area (Å²) in [5.74, 6) is 2.57. The van der Waals surface area contributed by atoms with E-state index in [0.29, 0.717) is 11.6 Å². The number of aromatic nitrogens is 1. The maximum absolute atomic E-state index is 5.92. The van der Waals surface area contributed by atoms with Crippen LogP contribution in [0.5, 0.6) is 5.75 Å². The molecule has 0 saturated carbocycles. The van der Waals surface area contributed by atoms with E-state index in [-0.39, 0.29) is 6.10 Å². The number of aliphatic imine (C=N–C) groups is 1. The van der Waals surface area contributed by atoms with E-state index in [2.05, 4.69) is 25.3 Å². The Balaban J connectivity index is 1.42. The summed E-state index contributed by atoms with van der Waals surface area (Å²) in [6, 6.07) is 9.41. The molecule has 0 bridgehead atoms. The molecule has 8 heteroatoms. The molecule has 2 heterocycles. The van der Waals surface area contributed by atoms with Gasteiger partial charge in [0, 0.05) is 50.9 Å². The first-order valence-corrected chi connectivity index (χ1v) is 9.93. The predicted octanol–water partition coefficient (Wildman–Crippen LogP) is 2.80. The van der Waals surface area contributed by atoms with Crippen LogP contribution in [0.3, 0.4) is 0 Å². The zero-order valence-corrected chi connectivity index (χ0v) is 17.4. The molecule has 1 N–H and O–H groups in total. The van der Waals surface area contributed by atoms with Crippen LogP contribution < -0.4 is 10.1 Å². The van der Waals surface area contributed by atoms with Gasteiger partial charge in [-0.2, -0.15) is 0 Å². The fourth-order valence-electron chi connectivity index (χ4n) is 3.19. The highest BCUT2D eigenvalue weighted by Gasteiger charge is 2.21. The molecule has 3 rings (SSSR count). The number of halogens is 1. The van der Waals surface area contributed by atoms with Gasteiger partial charge < -0.3 is 19.5 Å². The van der Waals surface area contributed by atoms with Gasteiger partial charge in [-0.05, 0) is 38.1 Å². The SMILES string of the molecule is CN=C(NCC(C)Oc1ccc(Cl)cc1)N1CCN(Cc2cc(C)on2)CC1. The van der Waals surface area contributed by atoms with Gasteiger partial charge >= 0.3 is 0 Å². The minimum Gasteiger partial charge on any atom is -0.489 e. The molecule has 152 valence electrons. The lowest BCUT2D eigenvalue weighted by molar-refractivity contribution is 0.167. The zero-order chi connectivity index (χ0) is 19.9. The average Bonchev–Trinajstić information content (AvgIpc) is 3.10. The van der Waals surface area contributed by atoms with E-state index in [0.717, 1.165) is 55.9 Å². The second-order valence-electron chi connectivity index (χ2n) is 7.00. The molecule has 1 aliphatic rings. The third-order valence-electron chi connectivity index (χ3n) is 4.64. The smallest absolute Gasteiger partial charge is 0.193 e. The van der Waals surface area contributed by atoms with E-state index in [1.165, 1.54) is 0 Å². The molecule has 1 unspecified atom stereocenters. The Bertz CT molecular complexity index is 769. The zero-order valence-electron chi connectivity index (χ0n) is 16.7. The first-order chi connectivity index (χ1) is 13.5. The Kier molecular flexibility index (Phi) is 7.17. The molecule has 1 aromatic carbocycles. The van der Waals surface area contributed by atoms with Crippen molar-refractivity contribution in [2.75, 3.05) is 39.8 Å². The third kappa shape index (κ3) is 5.87. The van der Waals surface area contributed by atoms with Gasteiger partial charge in [-0.15, -0.1) is 0 Å². The second kappa shape index (κ2) is 9.80. The lowest BCUT2D eigenvalue weighted by atomic mass is 10.3. The van der Waals surface area contributed by atoms with Gasteiger partial charge in [0.1, 0.15) is 17.6 Å². The molecule has 1 fully saturated rings. The Labute approximate surface area is 171 Å². The highest BCUT2D eigenvalue weighted by molar-refractivity contribution is 6.30. The molecule has 2 aromatic rings. The number of piperazine rings is 1. The van der Waals surface area contributed by atoms with Crippen molar-refractivity contribution in [3.63, 3.8) is 0 Å². The molecule has 0 aliphatic carbocycles. The van der Waals surface area contributed by atoms with Crippen LogP contribution in [0, 0.1) is 6.92 Å². The van der Waals surface area contributed by atoms with E-state index in [1.54, 1.807) is 0 Å². The molecule has 1 saturated heterocycles. The van der Waals surface area contributed by atoms with Crippen LogP contribution in [0.25, 0.3) is 0 Å². The number of guanidine groups is 1. The standard InChI is InChI=1S/C20H28ClN5O2/c1-15-12-18(24-28-15)14-25-8-10-26(11-9-25)20(22-3)23-13-16(2)27-19-6-4-17(21)5-7-19/h4-7,12,16H,8-11,13-14H2,1-3H3,(H,22,23). The number of rotatable bonds is 6. The quantitative estimate of drug-likeness (QED) is 0.588. The summed E-state index contributed by atoms with van der Waals surface area (Å²) in [5.41, 5.74) is 0.988. The maximum atomic E-state index is 5.92. The van der Waals surface area contributed by atoms with Gasteiger partial charge in [-0.3, -0.25) is 9.89 Å². The van der Waals surface area contributed by atoms with Crippen LogP contribution in [0.1, 0.15) is 18.4 Å². The summed E-state index contributed by atoms with van der Waals surface area (Å²) in [6.07, 6.45) is 0.00891. The van der Waals surface area contributed by atoms with E-state index in [9.17, 15) is 0 Å². The van der Waals surface area contributed by atoms with Gasteiger partial charge in [-0.25, -0.2) is 0 Å². The van der Waals surface area contributed by atoms with E-state index in [1.807, 2.05) is 51.2 Å². The van der Waals surface area contributed by atoms with Crippen LogP contribution in [-0.2, 0) is 6.54 Å². The van der Waals surface area contributed by atoms with Crippen molar-refractivity contribution in [1.82, 2.24) is 20.3 Å². The lowest BCUT2D eigenvalue weighted by Crippen LogP contribution is -2.53. The number of ether oxygens (including phenoxy) is 1. The molecule has 0 radical (unpaired) electrons. The summed E-state index contributed by atoms with van der Waals surface area (Å²) in [5, 5.41) is 8.20. The second-order valence-corrected chi connectivity index (χ2v) is 7.44. The monoisotopic (exact) mass is 405 g/mol. The first kappa shape index (κ1) is 20.5. The molecule has 1 aliphatic heterocycles. The van der Waals surface area contributed by atoms with Gasteiger partial charge in [0.15, 0.2) is 5.96 Å². The third-order valence-corrected chi connectivity index (χ3v) is 4.90. The molecule has 1 atom stereocenters. The number of hydrogen-bond acceptors (Lipinski definition) is 5.